The molecule has 0 atom stereocenters. The van der Waals surface area contributed by atoms with Gasteiger partial charge < -0.3 is 0 Å². The second-order valence-corrected chi connectivity index (χ2v) is 4.67. The largest absolute Gasteiger partial charge is 0.340 e. The molecule has 5 heteroatoms. The quantitative estimate of drug-likeness (QED) is 0.901. The topological polar surface area (TPSA) is 43.2 Å². The summed E-state index contributed by atoms with van der Waals surface area (Å²) in [5.74, 6) is 0.338. The fourth-order valence-electron chi connectivity index (χ4n) is 1.52. The molecule has 2 aromatic rings. The smallest absolute Gasteiger partial charge is 0.245 e. The van der Waals surface area contributed by atoms with E-state index in [4.69, 9.17) is 23.2 Å². The molecule has 0 saturated heterocycles. The monoisotopic (exact) mass is 281 g/mol. The van der Waals surface area contributed by atoms with Crippen LogP contribution in [-0.2, 0) is 0 Å². The van der Waals surface area contributed by atoms with Crippen LogP contribution < -0.4 is 10.3 Å². The minimum absolute atomic E-state index is 0.279. The first-order valence-corrected chi connectivity index (χ1v) is 6.07. The summed E-state index contributed by atoms with van der Waals surface area (Å²) >= 11 is 11.7. The molecule has 0 unspecified atom stereocenters. The molecular formula is C13H11Cl2N2O+. The van der Waals surface area contributed by atoms with Crippen molar-refractivity contribution in [3.8, 4) is 0 Å². The summed E-state index contributed by atoms with van der Waals surface area (Å²) < 4.78 is 0. The van der Waals surface area contributed by atoms with Crippen molar-refractivity contribution in [2.24, 2.45) is 0 Å². The number of carbonyl (C=O) groups is 1. The number of amides is 1. The number of halogens is 2. The molecule has 1 aromatic carbocycles. The molecule has 0 bridgehead atoms. The molecule has 0 aliphatic rings. The Bertz CT molecular complexity index is 599. The Hall–Kier alpha value is -1.58. The van der Waals surface area contributed by atoms with Gasteiger partial charge in [-0.25, -0.2) is 15.1 Å². The zero-order valence-corrected chi connectivity index (χ0v) is 11.1. The molecule has 92 valence electrons. The number of carbonyl (C=O) groups excluding carboxylic acids is 1. The Morgan fingerprint density at radius 1 is 1.22 bits per heavy atom. The molecule has 0 fully saturated rings. The maximum atomic E-state index is 12.0. The first kappa shape index (κ1) is 12.9. The lowest BCUT2D eigenvalue weighted by Crippen LogP contribution is -2.21. The number of rotatable bonds is 2. The average molecular weight is 282 g/mol. The van der Waals surface area contributed by atoms with E-state index >= 15 is 0 Å². The van der Waals surface area contributed by atoms with E-state index in [1.807, 2.05) is 19.1 Å². The number of aryl methyl sites for hydroxylation is 1. The number of aromatic amines is 1. The number of anilines is 1. The van der Waals surface area contributed by atoms with Crippen LogP contribution in [0.15, 0.2) is 36.4 Å². The SMILES string of the molecule is Cc1cccc(NC(=O)c2ccc(Cl)cc2Cl)[nH+]1. The lowest BCUT2D eigenvalue weighted by atomic mass is 10.2. The van der Waals surface area contributed by atoms with Crippen molar-refractivity contribution in [1.82, 2.24) is 0 Å². The van der Waals surface area contributed by atoms with Crippen LogP contribution in [0.3, 0.4) is 0 Å². The second-order valence-electron chi connectivity index (χ2n) is 3.83. The number of benzene rings is 1. The maximum Gasteiger partial charge on any atom is 0.340 e. The van der Waals surface area contributed by atoms with E-state index in [1.54, 1.807) is 18.2 Å². The number of hydrogen-bond acceptors (Lipinski definition) is 1. The van der Waals surface area contributed by atoms with Crippen molar-refractivity contribution in [3.05, 3.63) is 57.7 Å². The maximum absolute atomic E-state index is 12.0. The Labute approximate surface area is 115 Å². The van der Waals surface area contributed by atoms with Crippen molar-refractivity contribution in [2.45, 2.75) is 6.92 Å². The van der Waals surface area contributed by atoms with Crippen LogP contribution in [0, 0.1) is 6.92 Å². The molecule has 1 amide bonds. The number of hydrogen-bond donors (Lipinski definition) is 1. The van der Waals surface area contributed by atoms with Gasteiger partial charge in [0.05, 0.1) is 16.3 Å². The predicted octanol–water partition coefficient (Wildman–Crippen LogP) is 3.37. The fraction of sp³-hybridized carbons (Fsp3) is 0.0769. The summed E-state index contributed by atoms with van der Waals surface area (Å²) in [7, 11) is 0. The van der Waals surface area contributed by atoms with Gasteiger partial charge in [0.25, 0.3) is 5.82 Å². The van der Waals surface area contributed by atoms with Gasteiger partial charge in [0.15, 0.2) is 0 Å². The van der Waals surface area contributed by atoms with Crippen molar-refractivity contribution >= 4 is 34.9 Å². The zero-order valence-electron chi connectivity index (χ0n) is 9.63. The van der Waals surface area contributed by atoms with Crippen LogP contribution in [0.4, 0.5) is 5.82 Å². The third kappa shape index (κ3) is 3.00. The molecule has 18 heavy (non-hydrogen) atoms. The van der Waals surface area contributed by atoms with E-state index in [9.17, 15) is 4.79 Å². The van der Waals surface area contributed by atoms with Crippen molar-refractivity contribution in [3.63, 3.8) is 0 Å². The van der Waals surface area contributed by atoms with Gasteiger partial charge in [-0.2, -0.15) is 0 Å². The van der Waals surface area contributed by atoms with Gasteiger partial charge >= 0.3 is 5.91 Å². The van der Waals surface area contributed by atoms with Gasteiger partial charge in [0.2, 0.25) is 0 Å². The molecule has 0 aliphatic carbocycles. The number of aromatic nitrogens is 1. The Balaban J connectivity index is 2.22. The normalized spacial score (nSPS) is 10.2. The van der Waals surface area contributed by atoms with Crippen LogP contribution in [-0.4, -0.2) is 5.91 Å². The van der Waals surface area contributed by atoms with Crippen LogP contribution in [0.2, 0.25) is 10.0 Å². The molecule has 0 spiro atoms. The summed E-state index contributed by atoms with van der Waals surface area (Å²) in [6.45, 7) is 1.91. The highest BCUT2D eigenvalue weighted by Gasteiger charge is 2.16. The summed E-state index contributed by atoms with van der Waals surface area (Å²) in [6, 6.07) is 10.3. The molecule has 1 aromatic heterocycles. The van der Waals surface area contributed by atoms with Crippen LogP contribution >= 0.6 is 23.2 Å². The Morgan fingerprint density at radius 3 is 2.67 bits per heavy atom. The predicted molar refractivity (Wildman–Crippen MR) is 72.1 cm³/mol. The third-order valence-corrected chi connectivity index (χ3v) is 2.91. The molecule has 0 saturated carbocycles. The van der Waals surface area contributed by atoms with Gasteiger partial charge in [0.1, 0.15) is 0 Å². The average Bonchev–Trinajstić information content (AvgIpc) is 2.28. The Morgan fingerprint density at radius 2 is 2.00 bits per heavy atom. The van der Waals surface area contributed by atoms with Gasteiger partial charge in [-0.3, -0.25) is 0 Å². The van der Waals surface area contributed by atoms with Crippen LogP contribution in [0.1, 0.15) is 16.1 Å². The Kier molecular flexibility index (Phi) is 3.84. The zero-order chi connectivity index (χ0) is 13.1. The molecule has 0 radical (unpaired) electrons. The molecule has 2 N–H and O–H groups in total. The minimum atomic E-state index is -0.279. The van der Waals surface area contributed by atoms with E-state index in [0.29, 0.717) is 21.4 Å². The molecule has 1 heterocycles. The first-order chi connectivity index (χ1) is 8.56. The highest BCUT2D eigenvalue weighted by atomic mass is 35.5. The first-order valence-electron chi connectivity index (χ1n) is 5.31. The summed E-state index contributed by atoms with van der Waals surface area (Å²) in [6.07, 6.45) is 0. The standard InChI is InChI=1S/C13H10Cl2N2O/c1-8-3-2-4-12(16-8)17-13(18)10-6-5-9(14)7-11(10)15/h2-7H,1H3,(H,16,17,18)/p+1. The summed E-state index contributed by atoms with van der Waals surface area (Å²) in [5.41, 5.74) is 1.34. The fourth-order valence-corrected chi connectivity index (χ4v) is 2.01. The molecule has 0 aliphatic heterocycles. The molecular weight excluding hydrogens is 271 g/mol. The van der Waals surface area contributed by atoms with Crippen molar-refractivity contribution < 1.29 is 9.78 Å². The number of H-pyrrole nitrogens is 1. The number of nitrogens with one attached hydrogen (secondary N) is 2. The lowest BCUT2D eigenvalue weighted by molar-refractivity contribution is -0.370. The van der Waals surface area contributed by atoms with Gasteiger partial charge in [-0.1, -0.05) is 29.3 Å². The van der Waals surface area contributed by atoms with Crippen LogP contribution in [0.5, 0.6) is 0 Å². The summed E-state index contributed by atoms with van der Waals surface area (Å²) in [5, 5.41) is 3.56. The van der Waals surface area contributed by atoms with Crippen molar-refractivity contribution in [1.29, 1.82) is 0 Å². The second kappa shape index (κ2) is 5.38. The number of pyridine rings is 1. The van der Waals surface area contributed by atoms with E-state index in [-0.39, 0.29) is 5.91 Å². The molecule has 3 nitrogen and oxygen atoms in total. The van der Waals surface area contributed by atoms with Gasteiger partial charge in [-0.05, 0) is 31.2 Å². The lowest BCUT2D eigenvalue weighted by Gasteiger charge is -2.01. The van der Waals surface area contributed by atoms with Crippen molar-refractivity contribution in [2.75, 3.05) is 5.32 Å². The highest BCUT2D eigenvalue weighted by Crippen LogP contribution is 2.21. The van der Waals surface area contributed by atoms with E-state index in [1.165, 1.54) is 6.07 Å². The van der Waals surface area contributed by atoms with E-state index in [0.717, 1.165) is 5.69 Å². The van der Waals surface area contributed by atoms with Gasteiger partial charge in [-0.15, -0.1) is 0 Å². The molecule has 2 rings (SSSR count). The minimum Gasteiger partial charge on any atom is -0.245 e. The third-order valence-electron chi connectivity index (χ3n) is 2.36. The van der Waals surface area contributed by atoms with E-state index in [2.05, 4.69) is 10.3 Å². The van der Waals surface area contributed by atoms with Crippen LogP contribution in [0.25, 0.3) is 0 Å². The highest BCUT2D eigenvalue weighted by molar-refractivity contribution is 6.37. The van der Waals surface area contributed by atoms with Gasteiger partial charge in [0, 0.05) is 11.1 Å². The van der Waals surface area contributed by atoms with E-state index < -0.39 is 0 Å². The summed E-state index contributed by atoms with van der Waals surface area (Å²) in [4.78, 5) is 15.0.